The van der Waals surface area contributed by atoms with Crippen LogP contribution in [0.2, 0.25) is 0 Å². The van der Waals surface area contributed by atoms with Crippen molar-refractivity contribution in [2.45, 2.75) is 6.92 Å². The first-order valence-electron chi connectivity index (χ1n) is 3.73. The number of nitrogens with one attached hydrogen (secondary N) is 1. The number of anilines is 1. The molecule has 0 radical (unpaired) electrons. The van der Waals surface area contributed by atoms with Gasteiger partial charge in [-0.05, 0) is 19.1 Å². The van der Waals surface area contributed by atoms with E-state index in [1.165, 1.54) is 0 Å². The van der Waals surface area contributed by atoms with Gasteiger partial charge in [-0.2, -0.15) is 8.42 Å². The predicted molar refractivity (Wildman–Crippen MR) is 51.2 cm³/mol. The minimum Gasteiger partial charge on any atom is -0.370 e. The molecular weight excluding hydrogens is 213 g/mol. The summed E-state index contributed by atoms with van der Waals surface area (Å²) >= 11 is 0. The quantitative estimate of drug-likeness (QED) is 0.472. The van der Waals surface area contributed by atoms with Gasteiger partial charge in [0.15, 0.2) is 0 Å². The Hall–Kier alpha value is -0.0700. The molecule has 0 aromatic heterocycles. The molecule has 0 saturated carbocycles. The standard InChI is InChI=1S/C8H11NO3S.Na/c1-7-2-4-8(5-3-7)9-6-13(10,11)12;/h2-5,9H,6H2,1H3,(H,10,11,12);/q;+1. The van der Waals surface area contributed by atoms with E-state index in [2.05, 4.69) is 5.32 Å². The largest absolute Gasteiger partial charge is 1.00 e. The molecule has 0 fully saturated rings. The van der Waals surface area contributed by atoms with Crippen LogP contribution in [-0.2, 0) is 10.1 Å². The number of hydrogen-bond donors (Lipinski definition) is 2. The van der Waals surface area contributed by atoms with Crippen molar-refractivity contribution in [2.75, 3.05) is 11.2 Å². The fraction of sp³-hybridized carbons (Fsp3) is 0.250. The average molecular weight is 224 g/mol. The molecule has 0 amide bonds. The summed E-state index contributed by atoms with van der Waals surface area (Å²) in [4.78, 5) is 0. The van der Waals surface area contributed by atoms with Gasteiger partial charge in [-0.25, -0.2) is 0 Å². The maximum absolute atomic E-state index is 10.4. The van der Waals surface area contributed by atoms with Crippen molar-refractivity contribution in [3.8, 4) is 0 Å². The zero-order chi connectivity index (χ0) is 9.90. The normalized spacial score (nSPS) is 10.4. The van der Waals surface area contributed by atoms with Gasteiger partial charge in [0.2, 0.25) is 0 Å². The molecular formula is C8H11NNaO3S+. The molecule has 0 saturated heterocycles. The second-order valence-electron chi connectivity index (χ2n) is 2.77. The molecule has 0 heterocycles. The first-order chi connectivity index (χ1) is 5.97. The fourth-order valence-corrected chi connectivity index (χ4v) is 1.20. The second kappa shape index (κ2) is 5.72. The maximum atomic E-state index is 10.4. The summed E-state index contributed by atoms with van der Waals surface area (Å²) in [5.74, 6) is -0.462. The van der Waals surface area contributed by atoms with E-state index in [9.17, 15) is 8.42 Å². The molecule has 0 bridgehead atoms. The molecule has 2 N–H and O–H groups in total. The third kappa shape index (κ3) is 5.62. The van der Waals surface area contributed by atoms with Crippen LogP contribution in [0.15, 0.2) is 24.3 Å². The van der Waals surface area contributed by atoms with Crippen LogP contribution in [0.1, 0.15) is 5.56 Å². The van der Waals surface area contributed by atoms with E-state index in [4.69, 9.17) is 4.55 Å². The maximum Gasteiger partial charge on any atom is 1.00 e. The van der Waals surface area contributed by atoms with Crippen molar-refractivity contribution in [3.63, 3.8) is 0 Å². The molecule has 0 aliphatic heterocycles. The van der Waals surface area contributed by atoms with Crippen molar-refractivity contribution in [2.24, 2.45) is 0 Å². The van der Waals surface area contributed by atoms with Crippen LogP contribution in [0.5, 0.6) is 0 Å². The number of benzene rings is 1. The summed E-state index contributed by atoms with van der Waals surface area (Å²) in [6, 6.07) is 7.21. The Kier molecular flexibility index (Phi) is 5.70. The molecule has 1 aromatic rings. The van der Waals surface area contributed by atoms with E-state index in [-0.39, 0.29) is 29.6 Å². The van der Waals surface area contributed by atoms with Gasteiger partial charge >= 0.3 is 29.6 Å². The third-order valence-corrected chi connectivity index (χ3v) is 2.02. The SMILES string of the molecule is Cc1ccc(NCS(=O)(=O)O)cc1.[Na+]. The molecule has 72 valence electrons. The summed E-state index contributed by atoms with van der Waals surface area (Å²) in [6.45, 7) is 1.94. The Bertz CT molecular complexity index is 374. The summed E-state index contributed by atoms with van der Waals surface area (Å²) in [6.07, 6.45) is 0. The Labute approximate surface area is 106 Å². The van der Waals surface area contributed by atoms with E-state index in [1.807, 2.05) is 19.1 Å². The van der Waals surface area contributed by atoms with Gasteiger partial charge in [0.1, 0.15) is 5.88 Å². The molecule has 0 aliphatic carbocycles. The van der Waals surface area contributed by atoms with Crippen molar-refractivity contribution < 1.29 is 42.5 Å². The molecule has 1 aromatic carbocycles. The topological polar surface area (TPSA) is 66.4 Å². The Morgan fingerprint density at radius 2 is 1.79 bits per heavy atom. The molecule has 0 spiro atoms. The van der Waals surface area contributed by atoms with Gasteiger partial charge in [0, 0.05) is 5.69 Å². The van der Waals surface area contributed by atoms with Crippen LogP contribution in [0, 0.1) is 6.92 Å². The van der Waals surface area contributed by atoms with Gasteiger partial charge in [-0.1, -0.05) is 17.7 Å². The van der Waals surface area contributed by atoms with Crippen LogP contribution in [0.3, 0.4) is 0 Å². The van der Waals surface area contributed by atoms with E-state index in [0.717, 1.165) is 5.56 Å². The van der Waals surface area contributed by atoms with Crippen LogP contribution in [-0.4, -0.2) is 18.8 Å². The Balaban J connectivity index is 0.00000169. The number of rotatable bonds is 3. The van der Waals surface area contributed by atoms with Crippen molar-refractivity contribution in [3.05, 3.63) is 29.8 Å². The van der Waals surface area contributed by atoms with E-state index in [0.29, 0.717) is 5.69 Å². The summed E-state index contributed by atoms with van der Waals surface area (Å²) in [5, 5.41) is 2.57. The van der Waals surface area contributed by atoms with E-state index < -0.39 is 16.0 Å². The molecule has 1 rings (SSSR count). The van der Waals surface area contributed by atoms with Crippen LogP contribution < -0.4 is 34.9 Å². The number of aryl methyl sites for hydroxylation is 1. The molecule has 6 heteroatoms. The summed E-state index contributed by atoms with van der Waals surface area (Å²) in [5.41, 5.74) is 1.76. The van der Waals surface area contributed by atoms with Crippen LogP contribution in [0.4, 0.5) is 5.69 Å². The second-order valence-corrected chi connectivity index (χ2v) is 4.22. The van der Waals surface area contributed by atoms with Crippen LogP contribution in [0.25, 0.3) is 0 Å². The van der Waals surface area contributed by atoms with Crippen molar-refractivity contribution >= 4 is 15.8 Å². The first-order valence-corrected chi connectivity index (χ1v) is 5.34. The average Bonchev–Trinajstić information content (AvgIpc) is 2.02. The Morgan fingerprint density at radius 3 is 2.21 bits per heavy atom. The van der Waals surface area contributed by atoms with Crippen molar-refractivity contribution in [1.29, 1.82) is 0 Å². The fourth-order valence-electron chi connectivity index (χ4n) is 0.846. The Morgan fingerprint density at radius 1 is 1.29 bits per heavy atom. The molecule has 4 nitrogen and oxygen atoms in total. The summed E-state index contributed by atoms with van der Waals surface area (Å²) in [7, 11) is -3.94. The predicted octanol–water partition coefficient (Wildman–Crippen LogP) is -1.74. The molecule has 0 aliphatic rings. The van der Waals surface area contributed by atoms with E-state index >= 15 is 0 Å². The van der Waals surface area contributed by atoms with Gasteiger partial charge in [0.25, 0.3) is 10.1 Å². The molecule has 0 atom stereocenters. The van der Waals surface area contributed by atoms with Gasteiger partial charge in [0.05, 0.1) is 0 Å². The summed E-state index contributed by atoms with van der Waals surface area (Å²) < 4.78 is 29.2. The zero-order valence-electron chi connectivity index (χ0n) is 8.19. The number of hydrogen-bond acceptors (Lipinski definition) is 3. The first kappa shape index (κ1) is 13.9. The molecule has 0 unspecified atom stereocenters. The van der Waals surface area contributed by atoms with Gasteiger partial charge in [-0.3, -0.25) is 4.55 Å². The third-order valence-electron chi connectivity index (χ3n) is 1.51. The van der Waals surface area contributed by atoms with Gasteiger partial charge < -0.3 is 5.32 Å². The zero-order valence-corrected chi connectivity index (χ0v) is 11.0. The van der Waals surface area contributed by atoms with E-state index in [1.54, 1.807) is 12.1 Å². The van der Waals surface area contributed by atoms with Crippen LogP contribution >= 0.6 is 0 Å². The minimum atomic E-state index is -3.94. The van der Waals surface area contributed by atoms with Gasteiger partial charge in [-0.15, -0.1) is 0 Å². The van der Waals surface area contributed by atoms with Crippen molar-refractivity contribution in [1.82, 2.24) is 0 Å². The smallest absolute Gasteiger partial charge is 0.370 e. The monoisotopic (exact) mass is 224 g/mol. The minimum absolute atomic E-state index is 0. The molecule has 14 heavy (non-hydrogen) atoms.